The highest BCUT2D eigenvalue weighted by Crippen LogP contribution is 1.97. The van der Waals surface area contributed by atoms with Gasteiger partial charge in [0.1, 0.15) is 0 Å². The lowest BCUT2D eigenvalue weighted by Crippen LogP contribution is -2.37. The van der Waals surface area contributed by atoms with Gasteiger partial charge in [0, 0.05) is 26.2 Å². The summed E-state index contributed by atoms with van der Waals surface area (Å²) in [6.07, 6.45) is 1.09. The van der Waals surface area contributed by atoms with Gasteiger partial charge >= 0.3 is 0 Å². The van der Waals surface area contributed by atoms with Crippen LogP contribution < -0.4 is 0 Å². The normalized spacial score (nSPS) is 17.5. The molecule has 1 saturated heterocycles. The highest BCUT2D eigenvalue weighted by Gasteiger charge is 2.08. The summed E-state index contributed by atoms with van der Waals surface area (Å²) < 4.78 is 5.27. The van der Waals surface area contributed by atoms with Crippen molar-refractivity contribution < 1.29 is 4.74 Å². The molecular weight excluding hydrogens is 178 g/mol. The number of ether oxygens (including phenoxy) is 1. The van der Waals surface area contributed by atoms with E-state index in [0.717, 1.165) is 52.4 Å². The molecule has 1 rings (SSSR count). The zero-order chi connectivity index (χ0) is 10.1. The van der Waals surface area contributed by atoms with Gasteiger partial charge in [0.15, 0.2) is 0 Å². The molecule has 1 fully saturated rings. The zero-order valence-electron chi connectivity index (χ0n) is 8.91. The van der Waals surface area contributed by atoms with Crippen molar-refractivity contribution in [3.05, 3.63) is 0 Å². The molecule has 0 N–H and O–H groups in total. The van der Waals surface area contributed by atoms with Crippen molar-refractivity contribution in [2.24, 2.45) is 9.98 Å². The Balaban J connectivity index is 2.00. The number of nitrogens with zero attached hydrogens (tertiary/aromatic N) is 3. The first kappa shape index (κ1) is 11.4. The average Bonchev–Trinajstić information content (AvgIpc) is 2.25. The van der Waals surface area contributed by atoms with E-state index in [4.69, 9.17) is 4.74 Å². The quantitative estimate of drug-likeness (QED) is 0.485. The molecule has 0 aliphatic carbocycles. The Morgan fingerprint density at radius 1 is 1.29 bits per heavy atom. The number of aliphatic imine (C=N–C) groups is 2. The summed E-state index contributed by atoms with van der Waals surface area (Å²) >= 11 is 0. The maximum atomic E-state index is 5.27. The zero-order valence-corrected chi connectivity index (χ0v) is 8.91. The Hall–Kier alpha value is -0.700. The van der Waals surface area contributed by atoms with Gasteiger partial charge in [-0.25, -0.2) is 9.98 Å². The Morgan fingerprint density at radius 2 is 2.07 bits per heavy atom. The Bertz CT molecular complexity index is 194. The monoisotopic (exact) mass is 197 g/mol. The summed E-state index contributed by atoms with van der Waals surface area (Å²) in [4.78, 5) is 10.4. The van der Waals surface area contributed by atoms with Gasteiger partial charge in [-0.3, -0.25) is 4.90 Å². The van der Waals surface area contributed by atoms with Crippen LogP contribution in [0, 0.1) is 0 Å². The molecule has 4 heteroatoms. The first-order valence-corrected chi connectivity index (χ1v) is 5.31. The predicted molar refractivity (Wildman–Crippen MR) is 57.1 cm³/mol. The largest absolute Gasteiger partial charge is 0.379 e. The maximum Gasteiger partial charge on any atom is 0.0892 e. The van der Waals surface area contributed by atoms with E-state index in [9.17, 15) is 0 Å². The van der Waals surface area contributed by atoms with Gasteiger partial charge in [0.05, 0.1) is 25.8 Å². The van der Waals surface area contributed by atoms with Crippen LogP contribution >= 0.6 is 0 Å². The average molecular weight is 197 g/mol. The second kappa shape index (κ2) is 7.68. The van der Waals surface area contributed by atoms with Gasteiger partial charge in [-0.05, 0) is 13.3 Å². The molecule has 1 aliphatic rings. The van der Waals surface area contributed by atoms with Crippen molar-refractivity contribution >= 4 is 6.01 Å². The molecule has 0 bridgehead atoms. The number of hydrogen-bond donors (Lipinski definition) is 0. The van der Waals surface area contributed by atoms with Crippen LogP contribution in [0.4, 0.5) is 0 Å². The second-order valence-corrected chi connectivity index (χ2v) is 3.26. The lowest BCUT2D eigenvalue weighted by atomic mass is 10.3. The third-order valence-corrected chi connectivity index (χ3v) is 2.15. The van der Waals surface area contributed by atoms with Gasteiger partial charge in [-0.1, -0.05) is 0 Å². The van der Waals surface area contributed by atoms with Gasteiger partial charge < -0.3 is 4.74 Å². The van der Waals surface area contributed by atoms with Crippen molar-refractivity contribution in [3.63, 3.8) is 0 Å². The fraction of sp³-hybridized carbons (Fsp3) is 0.900. The van der Waals surface area contributed by atoms with E-state index in [-0.39, 0.29) is 0 Å². The summed E-state index contributed by atoms with van der Waals surface area (Å²) in [5.41, 5.74) is 0. The highest BCUT2D eigenvalue weighted by atomic mass is 16.5. The van der Waals surface area contributed by atoms with Gasteiger partial charge in [0.25, 0.3) is 0 Å². The summed E-state index contributed by atoms with van der Waals surface area (Å²) in [7, 11) is 0. The Morgan fingerprint density at radius 3 is 2.79 bits per heavy atom. The first-order valence-electron chi connectivity index (χ1n) is 5.31. The third-order valence-electron chi connectivity index (χ3n) is 2.15. The minimum Gasteiger partial charge on any atom is -0.379 e. The maximum absolute atomic E-state index is 5.27. The van der Waals surface area contributed by atoms with E-state index < -0.39 is 0 Å². The Kier molecular flexibility index (Phi) is 6.24. The first-order chi connectivity index (χ1) is 6.93. The minimum absolute atomic E-state index is 0.771. The van der Waals surface area contributed by atoms with Crippen LogP contribution in [0.1, 0.15) is 13.3 Å². The topological polar surface area (TPSA) is 37.2 Å². The second-order valence-electron chi connectivity index (χ2n) is 3.26. The summed E-state index contributed by atoms with van der Waals surface area (Å²) in [6, 6.07) is 2.68. The van der Waals surface area contributed by atoms with Crippen LogP contribution in [0.5, 0.6) is 0 Å². The van der Waals surface area contributed by atoms with Crippen molar-refractivity contribution in [1.29, 1.82) is 0 Å². The van der Waals surface area contributed by atoms with E-state index in [0.29, 0.717) is 0 Å². The van der Waals surface area contributed by atoms with Crippen molar-refractivity contribution in [3.8, 4) is 0 Å². The number of morpholine rings is 1. The van der Waals surface area contributed by atoms with Crippen LogP contribution in [0.2, 0.25) is 0 Å². The van der Waals surface area contributed by atoms with Gasteiger partial charge in [-0.15, -0.1) is 0 Å². The van der Waals surface area contributed by atoms with Crippen molar-refractivity contribution in [1.82, 2.24) is 4.90 Å². The molecule has 0 aromatic rings. The molecule has 4 nitrogen and oxygen atoms in total. The third kappa shape index (κ3) is 5.12. The summed E-state index contributed by atoms with van der Waals surface area (Å²) in [5, 5.41) is 0. The minimum atomic E-state index is 0.771. The number of hydrogen-bond acceptors (Lipinski definition) is 4. The molecule has 0 radical (unpaired) electrons. The van der Waals surface area contributed by atoms with E-state index in [1.807, 2.05) is 6.92 Å². The molecule has 14 heavy (non-hydrogen) atoms. The van der Waals surface area contributed by atoms with Crippen LogP contribution in [0.3, 0.4) is 0 Å². The van der Waals surface area contributed by atoms with Crippen LogP contribution in [-0.2, 0) is 4.74 Å². The van der Waals surface area contributed by atoms with Crippen molar-refractivity contribution in [2.75, 3.05) is 45.9 Å². The van der Waals surface area contributed by atoms with Gasteiger partial charge in [-0.2, -0.15) is 0 Å². The molecule has 0 aromatic heterocycles. The lowest BCUT2D eigenvalue weighted by Gasteiger charge is -2.25. The summed E-state index contributed by atoms with van der Waals surface area (Å²) in [5.74, 6) is 0. The van der Waals surface area contributed by atoms with Crippen LogP contribution in [0.25, 0.3) is 0 Å². The van der Waals surface area contributed by atoms with Crippen molar-refractivity contribution in [2.45, 2.75) is 13.3 Å². The fourth-order valence-corrected chi connectivity index (χ4v) is 1.37. The Labute approximate surface area is 85.7 Å². The molecule has 1 heterocycles. The summed E-state index contributed by atoms with van der Waals surface area (Å²) in [6.45, 7) is 8.57. The highest BCUT2D eigenvalue weighted by molar-refractivity contribution is 5.40. The van der Waals surface area contributed by atoms with E-state index >= 15 is 0 Å². The fourth-order valence-electron chi connectivity index (χ4n) is 1.37. The molecule has 1 aliphatic heterocycles. The predicted octanol–water partition coefficient (Wildman–Crippen LogP) is 0.903. The molecule has 0 aromatic carbocycles. The molecule has 0 atom stereocenters. The van der Waals surface area contributed by atoms with E-state index in [1.54, 1.807) is 0 Å². The molecule has 0 unspecified atom stereocenters. The SMILES string of the molecule is CCN=C=NCCCN1CCOCC1. The van der Waals surface area contributed by atoms with Crippen LogP contribution in [0.15, 0.2) is 9.98 Å². The molecular formula is C10H19N3O. The molecule has 0 amide bonds. The molecule has 80 valence electrons. The number of rotatable bonds is 5. The van der Waals surface area contributed by atoms with Crippen LogP contribution in [-0.4, -0.2) is 56.8 Å². The smallest absolute Gasteiger partial charge is 0.0892 e. The molecule has 0 saturated carbocycles. The van der Waals surface area contributed by atoms with E-state index in [1.165, 1.54) is 0 Å². The molecule has 0 spiro atoms. The van der Waals surface area contributed by atoms with E-state index in [2.05, 4.69) is 20.9 Å². The van der Waals surface area contributed by atoms with Gasteiger partial charge in [0.2, 0.25) is 0 Å². The lowest BCUT2D eigenvalue weighted by molar-refractivity contribution is 0.0377. The standard InChI is InChI=1S/C10H19N3O/c1-2-11-10-12-4-3-5-13-6-8-14-9-7-13/h2-9H2,1H3.